The van der Waals surface area contributed by atoms with Gasteiger partial charge in [-0.2, -0.15) is 0 Å². The molecule has 29 heavy (non-hydrogen) atoms. The highest BCUT2D eigenvalue weighted by Gasteiger charge is 2.30. The molecule has 2 heterocycles. The number of aromatic nitrogens is 1. The number of nitrogens with one attached hydrogen (secondary N) is 1. The summed E-state index contributed by atoms with van der Waals surface area (Å²) in [5.41, 5.74) is 4.81. The van der Waals surface area contributed by atoms with Gasteiger partial charge in [0.1, 0.15) is 0 Å². The molecule has 1 aromatic heterocycles. The molecule has 0 bridgehead atoms. The van der Waals surface area contributed by atoms with Crippen molar-refractivity contribution in [1.82, 2.24) is 9.88 Å². The fourth-order valence-corrected chi connectivity index (χ4v) is 4.21. The van der Waals surface area contributed by atoms with E-state index < -0.39 is 12.1 Å². The van der Waals surface area contributed by atoms with Gasteiger partial charge in [-0.15, -0.1) is 0 Å². The van der Waals surface area contributed by atoms with Crippen LogP contribution in [0.1, 0.15) is 31.5 Å². The summed E-state index contributed by atoms with van der Waals surface area (Å²) in [7, 11) is 0. The fourth-order valence-electron chi connectivity index (χ4n) is 4.21. The Kier molecular flexibility index (Phi) is 5.47. The van der Waals surface area contributed by atoms with E-state index in [9.17, 15) is 14.6 Å². The zero-order valence-electron chi connectivity index (χ0n) is 17.0. The van der Waals surface area contributed by atoms with Crippen LogP contribution in [-0.2, 0) is 12.0 Å². The molecule has 154 valence electrons. The summed E-state index contributed by atoms with van der Waals surface area (Å²) >= 11 is 0. The predicted octanol–water partition coefficient (Wildman–Crippen LogP) is 4.01. The molecule has 2 aromatic carbocycles. The van der Waals surface area contributed by atoms with E-state index in [4.69, 9.17) is 0 Å². The molecule has 1 fully saturated rings. The van der Waals surface area contributed by atoms with Gasteiger partial charge in [-0.05, 0) is 41.3 Å². The quantitative estimate of drug-likeness (QED) is 0.590. The highest BCUT2D eigenvalue weighted by Crippen LogP contribution is 2.30. The third-order valence-electron chi connectivity index (χ3n) is 6.08. The van der Waals surface area contributed by atoms with E-state index in [2.05, 4.69) is 46.3 Å². The maximum Gasteiger partial charge on any atom is 0.0985 e. The number of hydrogen-bond donors (Lipinski definition) is 3. The van der Waals surface area contributed by atoms with Crippen molar-refractivity contribution in [1.29, 1.82) is 0 Å². The van der Waals surface area contributed by atoms with Gasteiger partial charge in [0.25, 0.3) is 0 Å². The fraction of sp³-hybridized carbons (Fsp3) is 0.417. The monoisotopic (exact) mass is 396 g/mol. The minimum absolute atomic E-state index is 0.00794. The highest BCUT2D eigenvalue weighted by atomic mass is 19.1. The van der Waals surface area contributed by atoms with Crippen molar-refractivity contribution in [2.75, 3.05) is 19.8 Å². The van der Waals surface area contributed by atoms with E-state index >= 15 is 0 Å². The van der Waals surface area contributed by atoms with Crippen molar-refractivity contribution in [3.63, 3.8) is 0 Å². The second kappa shape index (κ2) is 7.90. The Morgan fingerprint density at radius 1 is 1.14 bits per heavy atom. The maximum absolute atomic E-state index is 13.4. The topological polar surface area (TPSA) is 59.5 Å². The van der Waals surface area contributed by atoms with Crippen LogP contribution >= 0.6 is 0 Å². The summed E-state index contributed by atoms with van der Waals surface area (Å²) in [4.78, 5) is 5.57. The number of rotatable bonds is 6. The number of aromatic amines is 1. The minimum atomic E-state index is -0.495. The molecule has 3 aromatic rings. The Labute approximate surface area is 171 Å². The molecule has 0 amide bonds. The van der Waals surface area contributed by atoms with Crippen LogP contribution in [0.3, 0.4) is 0 Å². The first-order valence-electron chi connectivity index (χ1n) is 10.2. The van der Waals surface area contributed by atoms with Gasteiger partial charge < -0.3 is 15.2 Å². The molecule has 1 unspecified atom stereocenters. The third kappa shape index (κ3) is 4.08. The molecule has 3 N–H and O–H groups in total. The van der Waals surface area contributed by atoms with E-state index in [0.29, 0.717) is 19.5 Å². The molecule has 0 radical (unpaired) electrons. The van der Waals surface area contributed by atoms with Crippen LogP contribution in [0.4, 0.5) is 4.39 Å². The summed E-state index contributed by atoms with van der Waals surface area (Å²) < 4.78 is 13.4. The van der Waals surface area contributed by atoms with E-state index in [1.54, 1.807) is 0 Å². The Bertz CT molecular complexity index is 997. The van der Waals surface area contributed by atoms with Gasteiger partial charge in [0.05, 0.1) is 19.4 Å². The number of alkyl halides is 1. The van der Waals surface area contributed by atoms with E-state index in [0.717, 1.165) is 33.3 Å². The molecule has 1 aliphatic rings. The number of aliphatic hydroxyl groups is 2. The number of halogens is 1. The van der Waals surface area contributed by atoms with Crippen LogP contribution < -0.4 is 0 Å². The first-order chi connectivity index (χ1) is 13.9. The number of nitrogens with zero attached hydrogens (tertiary/aromatic N) is 1. The van der Waals surface area contributed by atoms with Gasteiger partial charge >= 0.3 is 0 Å². The van der Waals surface area contributed by atoms with Crippen LogP contribution in [0.25, 0.3) is 22.0 Å². The average Bonchev–Trinajstić information content (AvgIpc) is 3.29. The normalized spacial score (nSPS) is 20.6. The molecular formula is C24H29FN2O2. The second-order valence-corrected chi connectivity index (χ2v) is 8.85. The smallest absolute Gasteiger partial charge is 0.0985 e. The standard InChI is InChI=1S/C24H29FN2O2/c1-24(2,15-25)19-5-3-4-16(9-19)17-6-7-23-18(8-17)10-20(26-23)12-27-13-22(29)11-21(27)14-28/h3-10,21-22,26,28-29H,11-15H2,1-2H3/t21-,22?/m1/s1. The Hall–Kier alpha value is -2.21. The van der Waals surface area contributed by atoms with Gasteiger partial charge in [-0.3, -0.25) is 9.29 Å². The minimum Gasteiger partial charge on any atom is -0.395 e. The Morgan fingerprint density at radius 2 is 1.93 bits per heavy atom. The molecule has 1 aliphatic heterocycles. The maximum atomic E-state index is 13.4. The van der Waals surface area contributed by atoms with Crippen LogP contribution in [0.15, 0.2) is 48.5 Å². The van der Waals surface area contributed by atoms with Crippen molar-refractivity contribution < 1.29 is 14.6 Å². The van der Waals surface area contributed by atoms with Gasteiger partial charge in [0.2, 0.25) is 0 Å². The lowest BCUT2D eigenvalue weighted by Gasteiger charge is -2.21. The zero-order chi connectivity index (χ0) is 20.6. The number of H-pyrrole nitrogens is 1. The van der Waals surface area contributed by atoms with Crippen molar-refractivity contribution in [3.8, 4) is 11.1 Å². The molecule has 2 atom stereocenters. The summed E-state index contributed by atoms with van der Waals surface area (Å²) in [6, 6.07) is 16.6. The van der Waals surface area contributed by atoms with Crippen LogP contribution in [0.2, 0.25) is 0 Å². The molecular weight excluding hydrogens is 367 g/mol. The molecule has 0 saturated carbocycles. The predicted molar refractivity (Wildman–Crippen MR) is 115 cm³/mol. The lowest BCUT2D eigenvalue weighted by atomic mass is 9.84. The summed E-state index contributed by atoms with van der Waals surface area (Å²) in [5.74, 6) is 0. The lowest BCUT2D eigenvalue weighted by molar-refractivity contribution is 0.149. The average molecular weight is 397 g/mol. The number of β-amino-alcohol motifs (C(OH)–C–C–N with tert-alkyl or cyclic N) is 1. The molecule has 5 heteroatoms. The number of likely N-dealkylation sites (tertiary alicyclic amines) is 1. The van der Waals surface area contributed by atoms with E-state index in [-0.39, 0.29) is 18.8 Å². The van der Waals surface area contributed by atoms with Crippen LogP contribution in [0.5, 0.6) is 0 Å². The van der Waals surface area contributed by atoms with E-state index in [1.807, 2.05) is 26.0 Å². The molecule has 0 aliphatic carbocycles. The van der Waals surface area contributed by atoms with Gasteiger partial charge in [-0.25, -0.2) is 0 Å². The first-order valence-corrected chi connectivity index (χ1v) is 10.2. The number of fused-ring (bicyclic) bond motifs is 1. The number of aliphatic hydroxyl groups excluding tert-OH is 2. The number of benzene rings is 2. The van der Waals surface area contributed by atoms with Crippen molar-refractivity contribution in [2.45, 2.75) is 44.4 Å². The summed E-state index contributed by atoms with van der Waals surface area (Å²) in [6.45, 7) is 4.77. The van der Waals surface area contributed by atoms with Gasteiger partial charge in [0.15, 0.2) is 0 Å². The molecule has 4 rings (SSSR count). The zero-order valence-corrected chi connectivity index (χ0v) is 17.0. The lowest BCUT2D eigenvalue weighted by Crippen LogP contribution is -2.31. The van der Waals surface area contributed by atoms with Gasteiger partial charge in [0, 0.05) is 41.1 Å². The van der Waals surface area contributed by atoms with Gasteiger partial charge in [-0.1, -0.05) is 44.2 Å². The van der Waals surface area contributed by atoms with Crippen LogP contribution in [-0.4, -0.2) is 52.1 Å². The number of hydrogen-bond acceptors (Lipinski definition) is 3. The highest BCUT2D eigenvalue weighted by molar-refractivity contribution is 5.86. The Morgan fingerprint density at radius 3 is 2.69 bits per heavy atom. The summed E-state index contributed by atoms with van der Waals surface area (Å²) in [5, 5.41) is 20.6. The second-order valence-electron chi connectivity index (χ2n) is 8.85. The first kappa shape index (κ1) is 20.1. The van der Waals surface area contributed by atoms with Crippen LogP contribution in [0, 0.1) is 0 Å². The van der Waals surface area contributed by atoms with Crippen molar-refractivity contribution in [2.24, 2.45) is 0 Å². The molecule has 1 saturated heterocycles. The third-order valence-corrected chi connectivity index (χ3v) is 6.08. The van der Waals surface area contributed by atoms with Crippen molar-refractivity contribution in [3.05, 3.63) is 59.8 Å². The molecule has 4 nitrogen and oxygen atoms in total. The summed E-state index contributed by atoms with van der Waals surface area (Å²) in [6.07, 6.45) is 0.246. The SMILES string of the molecule is CC(C)(CF)c1cccc(-c2ccc3[nH]c(CN4CC(O)C[C@@H]4CO)cc3c2)c1. The van der Waals surface area contributed by atoms with E-state index in [1.165, 1.54) is 0 Å². The largest absolute Gasteiger partial charge is 0.395 e. The Balaban J connectivity index is 1.60. The molecule has 0 spiro atoms. The van der Waals surface area contributed by atoms with Crippen molar-refractivity contribution >= 4 is 10.9 Å².